The molecular weight excluding hydrogens is 174 g/mol. The number of nitrogens with zero attached hydrogens (tertiary/aromatic N) is 2. The van der Waals surface area contributed by atoms with E-state index in [1.807, 2.05) is 0 Å². The zero-order valence-corrected chi connectivity index (χ0v) is 7.39. The van der Waals surface area contributed by atoms with E-state index in [0.717, 1.165) is 0 Å². The molecule has 1 aromatic heterocycles. The van der Waals surface area contributed by atoms with Gasteiger partial charge in [-0.3, -0.25) is 0 Å². The minimum atomic E-state index is 0.371. The van der Waals surface area contributed by atoms with Crippen molar-refractivity contribution in [2.24, 2.45) is 0 Å². The second-order valence-corrected chi connectivity index (χ2v) is 2.33. The molecule has 0 amide bonds. The van der Waals surface area contributed by atoms with E-state index in [2.05, 4.69) is 27.1 Å². The molecule has 0 saturated carbocycles. The Labute approximate surface area is 76.2 Å². The topological polar surface area (TPSA) is 37.8 Å². The molecule has 1 aromatic rings. The first-order valence-corrected chi connectivity index (χ1v) is 3.82. The standard InChI is InChI=1S/C8H8ClN3/c1-2-3-4-11-8-7(9)10-5-6-12-8/h5-6H,4H2,1H3,(H,11,12). The molecule has 3 nitrogen and oxygen atoms in total. The van der Waals surface area contributed by atoms with Gasteiger partial charge in [-0.2, -0.15) is 0 Å². The van der Waals surface area contributed by atoms with Crippen LogP contribution in [0.15, 0.2) is 12.4 Å². The summed E-state index contributed by atoms with van der Waals surface area (Å²) in [5.74, 6) is 6.16. The molecule has 0 unspecified atom stereocenters. The van der Waals surface area contributed by atoms with E-state index in [9.17, 15) is 0 Å². The largest absolute Gasteiger partial charge is 0.357 e. The van der Waals surface area contributed by atoms with Gasteiger partial charge in [-0.15, -0.1) is 5.92 Å². The lowest BCUT2D eigenvalue weighted by Crippen LogP contribution is -2.01. The highest BCUT2D eigenvalue weighted by Gasteiger charge is 1.97. The smallest absolute Gasteiger partial charge is 0.171 e. The van der Waals surface area contributed by atoms with E-state index >= 15 is 0 Å². The minimum absolute atomic E-state index is 0.371. The van der Waals surface area contributed by atoms with Crippen molar-refractivity contribution >= 4 is 17.4 Å². The van der Waals surface area contributed by atoms with E-state index in [-0.39, 0.29) is 0 Å². The van der Waals surface area contributed by atoms with Gasteiger partial charge in [0.2, 0.25) is 0 Å². The van der Waals surface area contributed by atoms with Crippen molar-refractivity contribution in [1.82, 2.24) is 9.97 Å². The van der Waals surface area contributed by atoms with Gasteiger partial charge in [0.05, 0.1) is 6.54 Å². The molecule has 0 aliphatic carbocycles. The van der Waals surface area contributed by atoms with Crippen LogP contribution in [0.4, 0.5) is 5.82 Å². The highest BCUT2D eigenvalue weighted by molar-refractivity contribution is 6.31. The molecule has 0 fully saturated rings. The summed E-state index contributed by atoms with van der Waals surface area (Å²) in [5.41, 5.74) is 0. The molecule has 0 spiro atoms. The third kappa shape index (κ3) is 2.40. The van der Waals surface area contributed by atoms with Crippen molar-refractivity contribution in [1.29, 1.82) is 0 Å². The molecule has 1 heterocycles. The van der Waals surface area contributed by atoms with Crippen LogP contribution in [0.5, 0.6) is 0 Å². The number of hydrogen-bond donors (Lipinski definition) is 1. The zero-order valence-electron chi connectivity index (χ0n) is 6.63. The third-order valence-corrected chi connectivity index (χ3v) is 1.45. The van der Waals surface area contributed by atoms with Crippen LogP contribution in [0.2, 0.25) is 5.15 Å². The number of anilines is 1. The van der Waals surface area contributed by atoms with Crippen LogP contribution >= 0.6 is 11.6 Å². The van der Waals surface area contributed by atoms with Crippen LogP contribution in [-0.4, -0.2) is 16.5 Å². The molecule has 1 rings (SSSR count). The Morgan fingerprint density at radius 2 is 2.25 bits per heavy atom. The van der Waals surface area contributed by atoms with Gasteiger partial charge < -0.3 is 5.32 Å². The van der Waals surface area contributed by atoms with E-state index < -0.39 is 0 Å². The summed E-state index contributed by atoms with van der Waals surface area (Å²) < 4.78 is 0. The summed E-state index contributed by atoms with van der Waals surface area (Å²) in [6, 6.07) is 0. The molecular formula is C8H8ClN3. The quantitative estimate of drug-likeness (QED) is 0.704. The lowest BCUT2D eigenvalue weighted by atomic mass is 10.5. The molecule has 0 aliphatic heterocycles. The fourth-order valence-corrected chi connectivity index (χ4v) is 0.828. The molecule has 0 saturated heterocycles. The summed E-state index contributed by atoms with van der Waals surface area (Å²) in [5, 5.41) is 3.31. The Morgan fingerprint density at radius 3 is 2.92 bits per heavy atom. The molecule has 0 bridgehead atoms. The summed E-state index contributed by atoms with van der Waals surface area (Å²) in [4.78, 5) is 7.83. The second kappa shape index (κ2) is 4.58. The number of hydrogen-bond acceptors (Lipinski definition) is 3. The highest BCUT2D eigenvalue weighted by atomic mass is 35.5. The normalized spacial score (nSPS) is 8.50. The zero-order chi connectivity index (χ0) is 8.81. The van der Waals surface area contributed by atoms with E-state index in [1.165, 1.54) is 0 Å². The molecule has 4 heteroatoms. The first-order valence-electron chi connectivity index (χ1n) is 3.44. The van der Waals surface area contributed by atoms with Gasteiger partial charge in [-0.05, 0) is 6.92 Å². The van der Waals surface area contributed by atoms with Gasteiger partial charge in [0.25, 0.3) is 0 Å². The number of rotatable bonds is 2. The van der Waals surface area contributed by atoms with Crippen molar-refractivity contribution in [3.63, 3.8) is 0 Å². The Kier molecular flexibility index (Phi) is 3.36. The van der Waals surface area contributed by atoms with Crippen LogP contribution in [-0.2, 0) is 0 Å². The lowest BCUT2D eigenvalue weighted by Gasteiger charge is -2.00. The van der Waals surface area contributed by atoms with E-state index in [1.54, 1.807) is 19.3 Å². The maximum Gasteiger partial charge on any atom is 0.171 e. The molecule has 0 aromatic carbocycles. The maximum absolute atomic E-state index is 5.72. The summed E-state index contributed by atoms with van der Waals surface area (Å²) in [6.45, 7) is 2.31. The van der Waals surface area contributed by atoms with Crippen LogP contribution in [0, 0.1) is 11.8 Å². The van der Waals surface area contributed by atoms with Crippen molar-refractivity contribution in [2.45, 2.75) is 6.92 Å². The Balaban J connectivity index is 2.61. The van der Waals surface area contributed by atoms with Crippen LogP contribution in [0.3, 0.4) is 0 Å². The third-order valence-electron chi connectivity index (χ3n) is 1.17. The van der Waals surface area contributed by atoms with E-state index in [4.69, 9.17) is 11.6 Å². The fourth-order valence-electron chi connectivity index (χ4n) is 0.656. The predicted octanol–water partition coefficient (Wildman–Crippen LogP) is 1.57. The summed E-state index contributed by atoms with van der Waals surface area (Å²) in [6.07, 6.45) is 3.12. The SMILES string of the molecule is CC#CCNc1nccnc1Cl. The van der Waals surface area contributed by atoms with Crippen LogP contribution in [0.1, 0.15) is 6.92 Å². The van der Waals surface area contributed by atoms with Crippen molar-refractivity contribution < 1.29 is 0 Å². The van der Waals surface area contributed by atoms with Gasteiger partial charge in [0, 0.05) is 12.4 Å². The molecule has 0 radical (unpaired) electrons. The average Bonchev–Trinajstić information content (AvgIpc) is 2.09. The van der Waals surface area contributed by atoms with Gasteiger partial charge in [0.1, 0.15) is 0 Å². The Bertz CT molecular complexity index is 314. The first-order chi connectivity index (χ1) is 5.84. The van der Waals surface area contributed by atoms with Gasteiger partial charge in [0.15, 0.2) is 11.0 Å². The van der Waals surface area contributed by atoms with Gasteiger partial charge in [-0.25, -0.2) is 9.97 Å². The fraction of sp³-hybridized carbons (Fsp3) is 0.250. The van der Waals surface area contributed by atoms with E-state index in [0.29, 0.717) is 17.5 Å². The molecule has 1 N–H and O–H groups in total. The highest BCUT2D eigenvalue weighted by Crippen LogP contribution is 2.12. The number of aromatic nitrogens is 2. The Morgan fingerprint density at radius 1 is 1.50 bits per heavy atom. The van der Waals surface area contributed by atoms with Crippen LogP contribution in [0.25, 0.3) is 0 Å². The number of halogens is 1. The lowest BCUT2D eigenvalue weighted by molar-refractivity contribution is 1.17. The van der Waals surface area contributed by atoms with Crippen molar-refractivity contribution in [3.8, 4) is 11.8 Å². The monoisotopic (exact) mass is 181 g/mol. The average molecular weight is 182 g/mol. The van der Waals surface area contributed by atoms with Gasteiger partial charge >= 0.3 is 0 Å². The molecule has 12 heavy (non-hydrogen) atoms. The molecule has 0 aliphatic rings. The summed E-state index contributed by atoms with van der Waals surface area (Å²) >= 11 is 5.72. The van der Waals surface area contributed by atoms with Crippen molar-refractivity contribution in [3.05, 3.63) is 17.5 Å². The van der Waals surface area contributed by atoms with Crippen molar-refractivity contribution in [2.75, 3.05) is 11.9 Å². The minimum Gasteiger partial charge on any atom is -0.357 e. The molecule has 0 atom stereocenters. The second-order valence-electron chi connectivity index (χ2n) is 1.98. The van der Waals surface area contributed by atoms with Gasteiger partial charge in [-0.1, -0.05) is 17.5 Å². The molecule has 62 valence electrons. The maximum atomic E-state index is 5.72. The predicted molar refractivity (Wildman–Crippen MR) is 49.0 cm³/mol. The van der Waals surface area contributed by atoms with Crippen LogP contribution < -0.4 is 5.32 Å². The summed E-state index contributed by atoms with van der Waals surface area (Å²) in [7, 11) is 0. The Hall–Kier alpha value is -1.27. The number of nitrogens with one attached hydrogen (secondary N) is 1. The first kappa shape index (κ1) is 8.82.